The number of hydrogen-bond donors (Lipinski definition) is 0. The van der Waals surface area contributed by atoms with E-state index >= 15 is 0 Å². The van der Waals surface area contributed by atoms with Gasteiger partial charge >= 0.3 is 23.9 Å². The van der Waals surface area contributed by atoms with E-state index in [9.17, 15) is 19.2 Å². The fourth-order valence-electron chi connectivity index (χ4n) is 4.88. The number of halogens is 1. The van der Waals surface area contributed by atoms with Crippen LogP contribution in [-0.4, -0.2) is 67.6 Å². The molecule has 0 radical (unpaired) electrons. The molecule has 1 aliphatic heterocycles. The van der Waals surface area contributed by atoms with E-state index in [4.69, 9.17) is 40.0 Å². The van der Waals surface area contributed by atoms with Crippen molar-refractivity contribution in [3.05, 3.63) is 52.6 Å². The van der Waals surface area contributed by atoms with Gasteiger partial charge in [0.15, 0.2) is 18.3 Å². The third kappa shape index (κ3) is 8.56. The Morgan fingerprint density at radius 2 is 1.48 bits per heavy atom. The largest absolute Gasteiger partial charge is 0.494 e. The summed E-state index contributed by atoms with van der Waals surface area (Å²) >= 11 is 6.59. The molecule has 218 valence electrons. The highest BCUT2D eigenvalue weighted by Crippen LogP contribution is 2.38. The molecule has 3 rings (SSSR count). The van der Waals surface area contributed by atoms with Gasteiger partial charge in [-0.05, 0) is 49.1 Å². The Kier molecular flexibility index (Phi) is 11.2. The number of carbonyl (C=O) groups is 4. The summed E-state index contributed by atoms with van der Waals surface area (Å²) in [5.74, 6) is -2.17. The topological polar surface area (TPSA) is 124 Å². The maximum atomic E-state index is 12.2. The van der Waals surface area contributed by atoms with Gasteiger partial charge in [-0.2, -0.15) is 0 Å². The first-order valence-electron chi connectivity index (χ1n) is 13.1. The summed E-state index contributed by atoms with van der Waals surface area (Å²) < 4.78 is 33.7. The van der Waals surface area contributed by atoms with Gasteiger partial charge in [-0.15, -0.1) is 0 Å². The van der Waals surface area contributed by atoms with E-state index in [0.717, 1.165) is 16.9 Å². The first-order valence-corrected chi connectivity index (χ1v) is 13.4. The predicted molar refractivity (Wildman–Crippen MR) is 143 cm³/mol. The number of rotatable bonds is 10. The first-order chi connectivity index (χ1) is 19.0. The predicted octanol–water partition coefficient (Wildman–Crippen LogP) is 3.82. The van der Waals surface area contributed by atoms with Crippen LogP contribution in [0.4, 0.5) is 0 Å². The van der Waals surface area contributed by atoms with Crippen LogP contribution in [0, 0.1) is 5.92 Å². The van der Waals surface area contributed by atoms with Gasteiger partial charge in [-0.3, -0.25) is 19.2 Å². The molecule has 1 aromatic carbocycles. The molecule has 11 heteroatoms. The second-order valence-electron chi connectivity index (χ2n) is 9.60. The van der Waals surface area contributed by atoms with Gasteiger partial charge in [-0.1, -0.05) is 29.8 Å². The summed E-state index contributed by atoms with van der Waals surface area (Å²) in [7, 11) is 0. The van der Waals surface area contributed by atoms with Gasteiger partial charge in [0, 0.05) is 38.6 Å². The van der Waals surface area contributed by atoms with Crippen LogP contribution in [0.2, 0.25) is 0 Å². The molecule has 10 nitrogen and oxygen atoms in total. The SMILES string of the molecule is CCOc1ccc(CC2=C(Cl)C=CC([C@@H]3O[C@H](COC(C)=O)[C@@H](OC(C)=O)[C@H](OC(C)=O)[C@H]3OC(C)=O)C2)cc1. The highest BCUT2D eigenvalue weighted by molar-refractivity contribution is 6.31. The number of hydrogen-bond acceptors (Lipinski definition) is 10. The minimum atomic E-state index is -1.21. The Morgan fingerprint density at radius 1 is 0.875 bits per heavy atom. The quantitative estimate of drug-likeness (QED) is 0.299. The van der Waals surface area contributed by atoms with Crippen molar-refractivity contribution >= 4 is 35.5 Å². The molecule has 1 fully saturated rings. The lowest BCUT2D eigenvalue weighted by Gasteiger charge is -2.46. The van der Waals surface area contributed by atoms with Gasteiger partial charge in [0.05, 0.1) is 6.61 Å². The molecular weight excluding hydrogens is 544 g/mol. The van der Waals surface area contributed by atoms with E-state index in [0.29, 0.717) is 24.5 Å². The average Bonchev–Trinajstić information content (AvgIpc) is 2.87. The molecule has 1 saturated heterocycles. The molecular formula is C29H35ClO10. The van der Waals surface area contributed by atoms with Crippen LogP contribution < -0.4 is 4.74 Å². The van der Waals surface area contributed by atoms with Crippen molar-refractivity contribution in [2.24, 2.45) is 5.92 Å². The normalized spacial score (nSPS) is 26.1. The summed E-state index contributed by atoms with van der Waals surface area (Å²) in [6.45, 7) is 7.04. The van der Waals surface area contributed by atoms with Gasteiger partial charge in [0.2, 0.25) is 0 Å². The zero-order chi connectivity index (χ0) is 29.4. The van der Waals surface area contributed by atoms with E-state index < -0.39 is 54.4 Å². The summed E-state index contributed by atoms with van der Waals surface area (Å²) in [5, 5.41) is 0.579. The Hall–Kier alpha value is -3.37. The first kappa shape index (κ1) is 31.2. The van der Waals surface area contributed by atoms with Crippen molar-refractivity contribution in [2.45, 2.75) is 78.0 Å². The van der Waals surface area contributed by atoms with Crippen LogP contribution in [0.5, 0.6) is 5.75 Å². The molecule has 0 saturated carbocycles. The lowest BCUT2D eigenvalue weighted by Crippen LogP contribution is -2.63. The van der Waals surface area contributed by atoms with Crippen LogP contribution in [0.25, 0.3) is 0 Å². The molecule has 0 spiro atoms. The fraction of sp³-hybridized carbons (Fsp3) is 0.517. The summed E-state index contributed by atoms with van der Waals surface area (Å²) in [6, 6.07) is 7.71. The summed E-state index contributed by atoms with van der Waals surface area (Å²) in [5.41, 5.74) is 1.94. The maximum absolute atomic E-state index is 12.2. The number of benzene rings is 1. The Labute approximate surface area is 238 Å². The molecule has 1 aliphatic carbocycles. The second kappa shape index (κ2) is 14.3. The van der Waals surface area contributed by atoms with Crippen molar-refractivity contribution in [1.82, 2.24) is 0 Å². The molecule has 1 unspecified atom stereocenters. The molecule has 0 amide bonds. The lowest BCUT2D eigenvalue weighted by atomic mass is 9.81. The van der Waals surface area contributed by atoms with Crippen molar-refractivity contribution < 1.29 is 47.6 Å². The number of esters is 4. The van der Waals surface area contributed by atoms with Gasteiger partial charge in [0.25, 0.3) is 0 Å². The third-order valence-corrected chi connectivity index (χ3v) is 6.80. The zero-order valence-electron chi connectivity index (χ0n) is 23.2. The molecule has 0 N–H and O–H groups in total. The van der Waals surface area contributed by atoms with E-state index in [-0.39, 0.29) is 12.5 Å². The fourth-order valence-corrected chi connectivity index (χ4v) is 5.10. The molecule has 0 bridgehead atoms. The van der Waals surface area contributed by atoms with Gasteiger partial charge in [-0.25, -0.2) is 0 Å². The smallest absolute Gasteiger partial charge is 0.303 e. The highest BCUT2D eigenvalue weighted by Gasteiger charge is 2.53. The summed E-state index contributed by atoms with van der Waals surface area (Å²) in [6.07, 6.45) is -0.801. The number of ether oxygens (including phenoxy) is 6. The highest BCUT2D eigenvalue weighted by atomic mass is 35.5. The molecule has 1 aromatic rings. The maximum Gasteiger partial charge on any atom is 0.303 e. The Bertz CT molecular complexity index is 1140. The molecule has 2 aliphatic rings. The van der Waals surface area contributed by atoms with Crippen LogP contribution in [0.3, 0.4) is 0 Å². The standard InChI is InChI=1S/C29H35ClO10/c1-6-35-23-10-7-20(8-11-23)13-22-14-21(9-12-24(22)30)26-28(38-18(4)33)29(39-19(5)34)27(37-17(3)32)25(40-26)15-36-16(2)31/h7-12,21,25-29H,6,13-15H2,1-5H3/t21?,25-,26+,27-,28+,29+/m1/s1. The van der Waals surface area contributed by atoms with Crippen LogP contribution in [0.15, 0.2) is 47.0 Å². The molecule has 0 aromatic heterocycles. The van der Waals surface area contributed by atoms with E-state index in [1.807, 2.05) is 37.3 Å². The van der Waals surface area contributed by atoms with E-state index in [1.165, 1.54) is 27.7 Å². The van der Waals surface area contributed by atoms with Crippen molar-refractivity contribution in [1.29, 1.82) is 0 Å². The Balaban J connectivity index is 1.93. The number of allylic oxidation sites excluding steroid dienone is 3. The lowest BCUT2D eigenvalue weighted by molar-refractivity contribution is -0.258. The third-order valence-electron chi connectivity index (χ3n) is 6.41. The Morgan fingerprint density at radius 3 is 2.05 bits per heavy atom. The summed E-state index contributed by atoms with van der Waals surface area (Å²) in [4.78, 5) is 47.9. The zero-order valence-corrected chi connectivity index (χ0v) is 24.0. The minimum Gasteiger partial charge on any atom is -0.494 e. The van der Waals surface area contributed by atoms with Crippen LogP contribution in [0.1, 0.15) is 46.6 Å². The molecule has 40 heavy (non-hydrogen) atoms. The second-order valence-corrected chi connectivity index (χ2v) is 10.0. The monoisotopic (exact) mass is 578 g/mol. The van der Waals surface area contributed by atoms with Crippen molar-refractivity contribution in [2.75, 3.05) is 13.2 Å². The van der Waals surface area contributed by atoms with Crippen LogP contribution >= 0.6 is 11.6 Å². The minimum absolute atomic E-state index is 0.277. The average molecular weight is 579 g/mol. The molecule has 6 atom stereocenters. The van der Waals surface area contributed by atoms with E-state index in [2.05, 4.69) is 0 Å². The van der Waals surface area contributed by atoms with E-state index in [1.54, 1.807) is 6.08 Å². The molecule has 1 heterocycles. The number of carbonyl (C=O) groups excluding carboxylic acids is 4. The van der Waals surface area contributed by atoms with Crippen LogP contribution in [-0.2, 0) is 49.3 Å². The van der Waals surface area contributed by atoms with Crippen molar-refractivity contribution in [3.8, 4) is 5.75 Å². The van der Waals surface area contributed by atoms with Gasteiger partial charge < -0.3 is 28.4 Å². The van der Waals surface area contributed by atoms with Gasteiger partial charge in [0.1, 0.15) is 24.6 Å². The van der Waals surface area contributed by atoms with Crippen molar-refractivity contribution in [3.63, 3.8) is 0 Å².